The lowest BCUT2D eigenvalue weighted by atomic mass is 9.95. The third-order valence-electron chi connectivity index (χ3n) is 6.83. The van der Waals surface area contributed by atoms with Gasteiger partial charge in [0.25, 0.3) is 5.91 Å². The van der Waals surface area contributed by atoms with Crippen molar-refractivity contribution in [2.24, 2.45) is 0 Å². The fourth-order valence-electron chi connectivity index (χ4n) is 4.77. The highest BCUT2D eigenvalue weighted by atomic mass is 35.5. The molecule has 1 aliphatic carbocycles. The Morgan fingerprint density at radius 3 is 2.34 bits per heavy atom. The Hall–Kier alpha value is -1.69. The van der Waals surface area contributed by atoms with Gasteiger partial charge >= 0.3 is 0 Å². The number of halogens is 1. The summed E-state index contributed by atoms with van der Waals surface area (Å²) in [4.78, 5) is 23.5. The molecule has 208 valence electrons. The Labute approximate surface area is 241 Å². The lowest BCUT2D eigenvalue weighted by Gasteiger charge is -2.32. The van der Waals surface area contributed by atoms with E-state index in [0.717, 1.165) is 40.8 Å². The first-order chi connectivity index (χ1) is 17.7. The van der Waals surface area contributed by atoms with Crippen molar-refractivity contribution in [1.82, 2.24) is 14.2 Å². The third-order valence-corrected chi connectivity index (χ3v) is 10.6. The second-order valence-corrected chi connectivity index (χ2v) is 13.4. The highest BCUT2D eigenvalue weighted by molar-refractivity contribution is 7.98. The largest absolute Gasteiger partial charge is 0.308 e. The van der Waals surface area contributed by atoms with Crippen molar-refractivity contribution in [2.45, 2.75) is 54.9 Å². The van der Waals surface area contributed by atoms with Crippen LogP contribution < -0.4 is 4.90 Å². The molecular formula is C27H37ClN4O3S3. The molecule has 4 rings (SSSR count). The molecule has 0 saturated heterocycles. The topological polar surface area (TPSA) is 73.8 Å². The Bertz CT molecular complexity index is 1320. The average molecular weight is 597 g/mol. The van der Waals surface area contributed by atoms with Crippen molar-refractivity contribution in [3.63, 3.8) is 0 Å². The highest BCUT2D eigenvalue weighted by Crippen LogP contribution is 2.33. The van der Waals surface area contributed by atoms with Gasteiger partial charge in [-0.2, -0.15) is 4.31 Å². The minimum atomic E-state index is -3.62. The number of amides is 1. The van der Waals surface area contributed by atoms with Gasteiger partial charge in [-0.15, -0.1) is 24.2 Å². The molecular weight excluding hydrogens is 560 g/mol. The van der Waals surface area contributed by atoms with Crippen LogP contribution in [0.2, 0.25) is 0 Å². The average Bonchev–Trinajstić information content (AvgIpc) is 3.32. The summed E-state index contributed by atoms with van der Waals surface area (Å²) >= 11 is 3.17. The zero-order chi connectivity index (χ0) is 26.6. The Morgan fingerprint density at radius 2 is 1.74 bits per heavy atom. The number of benzene rings is 2. The number of carbonyl (C=O) groups excluding carboxylic acids is 1. The van der Waals surface area contributed by atoms with E-state index in [1.165, 1.54) is 17.8 Å². The van der Waals surface area contributed by atoms with Gasteiger partial charge in [-0.1, -0.05) is 37.5 Å². The second-order valence-electron chi connectivity index (χ2n) is 9.61. The standard InChI is InChI=1S/C27H36N4O3S3.ClH/c1-5-31(21-9-7-6-8-10-21)37(33,34)23-14-11-20(12-15-23)26(32)30(18-17-29(2)3)27-28-24-16-13-22(35-4)19-25(24)36-27;/h11-16,19,21H,5-10,17-18H2,1-4H3;1H. The number of likely N-dealkylation sites (N-methyl/N-ethyl adjacent to an activating group) is 1. The van der Waals surface area contributed by atoms with E-state index in [4.69, 9.17) is 4.98 Å². The van der Waals surface area contributed by atoms with Gasteiger partial charge in [-0.3, -0.25) is 9.69 Å². The zero-order valence-electron chi connectivity index (χ0n) is 22.4. The number of thiazole rings is 1. The van der Waals surface area contributed by atoms with Crippen molar-refractivity contribution in [2.75, 3.05) is 44.9 Å². The van der Waals surface area contributed by atoms with Gasteiger partial charge in [0, 0.05) is 36.1 Å². The number of anilines is 1. The van der Waals surface area contributed by atoms with Crippen LogP contribution >= 0.6 is 35.5 Å². The van der Waals surface area contributed by atoms with Crippen molar-refractivity contribution in [3.8, 4) is 0 Å². The molecule has 1 saturated carbocycles. The summed E-state index contributed by atoms with van der Waals surface area (Å²) in [6.45, 7) is 3.50. The Balaban J connectivity index is 0.00000400. The van der Waals surface area contributed by atoms with Gasteiger partial charge in [0.15, 0.2) is 5.13 Å². The number of hydrogen-bond donors (Lipinski definition) is 0. The van der Waals surface area contributed by atoms with Crippen molar-refractivity contribution < 1.29 is 13.2 Å². The van der Waals surface area contributed by atoms with Crippen LogP contribution in [0, 0.1) is 0 Å². The van der Waals surface area contributed by atoms with Gasteiger partial charge in [-0.25, -0.2) is 13.4 Å². The van der Waals surface area contributed by atoms with E-state index in [-0.39, 0.29) is 29.3 Å². The van der Waals surface area contributed by atoms with Crippen LogP contribution in [0.3, 0.4) is 0 Å². The molecule has 1 heterocycles. The van der Waals surface area contributed by atoms with E-state index < -0.39 is 10.0 Å². The second kappa shape index (κ2) is 13.6. The van der Waals surface area contributed by atoms with Crippen LogP contribution in [0.4, 0.5) is 5.13 Å². The molecule has 2 aromatic carbocycles. The van der Waals surface area contributed by atoms with E-state index in [2.05, 4.69) is 6.07 Å². The van der Waals surface area contributed by atoms with Crippen LogP contribution in [-0.2, 0) is 10.0 Å². The summed E-state index contributed by atoms with van der Waals surface area (Å²) in [5, 5.41) is 0.645. The normalized spacial score (nSPS) is 14.7. The lowest BCUT2D eigenvalue weighted by molar-refractivity contribution is 0.0985. The molecule has 0 radical (unpaired) electrons. The number of aromatic nitrogens is 1. The molecule has 0 bridgehead atoms. The van der Waals surface area contributed by atoms with Gasteiger partial charge in [-0.05, 0) is 75.7 Å². The molecule has 7 nitrogen and oxygen atoms in total. The van der Waals surface area contributed by atoms with Gasteiger partial charge < -0.3 is 4.90 Å². The van der Waals surface area contributed by atoms with Crippen LogP contribution in [-0.4, -0.2) is 74.5 Å². The van der Waals surface area contributed by atoms with Crippen molar-refractivity contribution in [1.29, 1.82) is 0 Å². The van der Waals surface area contributed by atoms with E-state index in [9.17, 15) is 13.2 Å². The van der Waals surface area contributed by atoms with Crippen LogP contribution in [0.1, 0.15) is 49.4 Å². The fourth-order valence-corrected chi connectivity index (χ4v) is 8.01. The zero-order valence-corrected chi connectivity index (χ0v) is 25.7. The SMILES string of the molecule is CCN(C1CCCCC1)S(=O)(=O)c1ccc(C(=O)N(CCN(C)C)c2nc3ccc(SC)cc3s2)cc1.Cl. The summed E-state index contributed by atoms with van der Waals surface area (Å²) in [5.74, 6) is -0.186. The molecule has 0 unspecified atom stereocenters. The molecule has 0 spiro atoms. The summed E-state index contributed by atoms with van der Waals surface area (Å²) < 4.78 is 29.6. The molecule has 0 aliphatic heterocycles. The summed E-state index contributed by atoms with van der Waals surface area (Å²) in [5.41, 5.74) is 1.31. The fraction of sp³-hybridized carbons (Fsp3) is 0.481. The molecule has 1 fully saturated rings. The van der Waals surface area contributed by atoms with E-state index >= 15 is 0 Å². The molecule has 1 aromatic heterocycles. The lowest BCUT2D eigenvalue weighted by Crippen LogP contribution is -2.41. The predicted molar refractivity (Wildman–Crippen MR) is 162 cm³/mol. The number of sulfonamides is 1. The van der Waals surface area contributed by atoms with Gasteiger partial charge in [0.05, 0.1) is 15.1 Å². The quantitative estimate of drug-likeness (QED) is 0.268. The Morgan fingerprint density at radius 1 is 1.05 bits per heavy atom. The molecule has 1 amide bonds. The maximum Gasteiger partial charge on any atom is 0.260 e. The number of hydrogen-bond acceptors (Lipinski definition) is 7. The van der Waals surface area contributed by atoms with E-state index in [1.807, 2.05) is 44.3 Å². The molecule has 0 N–H and O–H groups in total. The number of nitrogens with zero attached hydrogens (tertiary/aromatic N) is 4. The minimum Gasteiger partial charge on any atom is -0.308 e. The summed E-state index contributed by atoms with van der Waals surface area (Å²) in [6.07, 6.45) is 7.15. The number of carbonyl (C=O) groups is 1. The van der Waals surface area contributed by atoms with Gasteiger partial charge in [0.2, 0.25) is 10.0 Å². The first-order valence-electron chi connectivity index (χ1n) is 12.8. The smallest absolute Gasteiger partial charge is 0.260 e. The predicted octanol–water partition coefficient (Wildman–Crippen LogP) is 5.99. The minimum absolute atomic E-state index is 0. The monoisotopic (exact) mass is 596 g/mol. The van der Waals surface area contributed by atoms with E-state index in [0.29, 0.717) is 30.3 Å². The summed E-state index contributed by atoms with van der Waals surface area (Å²) in [6, 6.07) is 12.6. The molecule has 3 aromatic rings. The van der Waals surface area contributed by atoms with Crippen LogP contribution in [0.5, 0.6) is 0 Å². The first kappa shape index (κ1) is 30.8. The van der Waals surface area contributed by atoms with Crippen molar-refractivity contribution in [3.05, 3.63) is 48.0 Å². The third kappa shape index (κ3) is 6.89. The van der Waals surface area contributed by atoms with Crippen LogP contribution in [0.25, 0.3) is 10.2 Å². The first-order valence-corrected chi connectivity index (χ1v) is 16.3. The maximum atomic E-state index is 13.7. The Kier molecular flexibility index (Phi) is 11.0. The molecule has 38 heavy (non-hydrogen) atoms. The number of rotatable bonds is 10. The number of fused-ring (bicyclic) bond motifs is 1. The molecule has 11 heteroatoms. The van der Waals surface area contributed by atoms with Crippen molar-refractivity contribution >= 4 is 66.8 Å². The summed E-state index contributed by atoms with van der Waals surface area (Å²) in [7, 11) is 0.317. The van der Waals surface area contributed by atoms with Gasteiger partial charge in [0.1, 0.15) is 0 Å². The maximum absolute atomic E-state index is 13.7. The highest BCUT2D eigenvalue weighted by Gasteiger charge is 2.31. The van der Waals surface area contributed by atoms with Crippen LogP contribution in [0.15, 0.2) is 52.3 Å². The number of thioether (sulfide) groups is 1. The molecule has 1 aliphatic rings. The molecule has 0 atom stereocenters. The van der Waals surface area contributed by atoms with E-state index in [1.54, 1.807) is 45.2 Å².